The van der Waals surface area contributed by atoms with Crippen LogP contribution in [0.15, 0.2) is 53.9 Å². The van der Waals surface area contributed by atoms with Crippen LogP contribution < -0.4 is 9.64 Å². The fraction of sp³-hybridized carbons (Fsp3) is 0.190. The summed E-state index contributed by atoms with van der Waals surface area (Å²) in [4.78, 5) is 30.2. The minimum atomic E-state index is -0.377. The van der Waals surface area contributed by atoms with Crippen molar-refractivity contribution in [1.29, 1.82) is 0 Å². The summed E-state index contributed by atoms with van der Waals surface area (Å²) in [6, 6.07) is 12.4. The van der Waals surface area contributed by atoms with Crippen LogP contribution in [0.25, 0.3) is 0 Å². The van der Waals surface area contributed by atoms with Gasteiger partial charge in [0.15, 0.2) is 12.4 Å². The topological polar surface area (TPSA) is 59.5 Å². The molecule has 2 aromatic carbocycles. The molecule has 0 radical (unpaired) electrons. The van der Waals surface area contributed by atoms with Crippen LogP contribution in [-0.4, -0.2) is 23.3 Å². The monoisotopic (exact) mass is 398 g/mol. The second-order valence-corrected chi connectivity index (χ2v) is 7.25. The standard InChI is InChI=1S/C21H19FN2O3S/c1-14(25)16-4-3-5-20(10-16)27-12-21(26)24(11-18-13-28-15(2)23-18)19-8-6-17(22)7-9-19/h3-10,13H,11-12H2,1-2H3. The molecule has 0 fully saturated rings. The van der Waals surface area contributed by atoms with Gasteiger partial charge in [0.1, 0.15) is 11.6 Å². The van der Waals surface area contributed by atoms with E-state index in [1.165, 1.54) is 35.3 Å². The molecule has 3 aromatic rings. The van der Waals surface area contributed by atoms with Gasteiger partial charge in [-0.1, -0.05) is 12.1 Å². The summed E-state index contributed by atoms with van der Waals surface area (Å²) in [7, 11) is 0. The molecular formula is C21H19FN2O3S. The first-order valence-electron chi connectivity index (χ1n) is 8.63. The van der Waals surface area contributed by atoms with Gasteiger partial charge in [0, 0.05) is 16.6 Å². The lowest BCUT2D eigenvalue weighted by molar-refractivity contribution is -0.120. The van der Waals surface area contributed by atoms with Gasteiger partial charge in [-0.3, -0.25) is 9.59 Å². The van der Waals surface area contributed by atoms with E-state index in [0.29, 0.717) is 17.0 Å². The van der Waals surface area contributed by atoms with Crippen molar-refractivity contribution >= 4 is 28.7 Å². The lowest BCUT2D eigenvalue weighted by Gasteiger charge is -2.22. The molecule has 0 bridgehead atoms. The summed E-state index contributed by atoms with van der Waals surface area (Å²) in [5, 5.41) is 2.79. The number of aromatic nitrogens is 1. The van der Waals surface area contributed by atoms with Crippen LogP contribution >= 0.6 is 11.3 Å². The number of ketones is 1. The predicted molar refractivity (Wildman–Crippen MR) is 106 cm³/mol. The first kappa shape index (κ1) is 19.7. The van der Waals surface area contributed by atoms with Gasteiger partial charge in [0.2, 0.25) is 0 Å². The van der Waals surface area contributed by atoms with Gasteiger partial charge < -0.3 is 9.64 Å². The van der Waals surface area contributed by atoms with Crippen molar-refractivity contribution in [2.75, 3.05) is 11.5 Å². The van der Waals surface area contributed by atoms with Crippen LogP contribution in [0.3, 0.4) is 0 Å². The summed E-state index contributed by atoms with van der Waals surface area (Å²) < 4.78 is 18.9. The minimum absolute atomic E-state index is 0.0800. The van der Waals surface area contributed by atoms with E-state index in [9.17, 15) is 14.0 Å². The fourth-order valence-electron chi connectivity index (χ4n) is 2.62. The molecule has 1 aromatic heterocycles. The van der Waals surface area contributed by atoms with E-state index < -0.39 is 0 Å². The molecule has 0 aliphatic heterocycles. The third-order valence-electron chi connectivity index (χ3n) is 4.03. The molecule has 0 aliphatic carbocycles. The van der Waals surface area contributed by atoms with E-state index in [2.05, 4.69) is 4.98 Å². The number of thiazole rings is 1. The SMILES string of the molecule is CC(=O)c1cccc(OCC(=O)N(Cc2csc(C)n2)c2ccc(F)cc2)c1. The van der Waals surface area contributed by atoms with Gasteiger partial charge in [-0.2, -0.15) is 0 Å². The number of benzene rings is 2. The first-order valence-corrected chi connectivity index (χ1v) is 9.51. The van der Waals surface area contributed by atoms with Crippen LogP contribution in [0.4, 0.5) is 10.1 Å². The average molecular weight is 398 g/mol. The highest BCUT2D eigenvalue weighted by atomic mass is 32.1. The molecule has 0 atom stereocenters. The number of Topliss-reactive ketones (excluding diaryl/α,β-unsaturated/α-hetero) is 1. The number of hydrogen-bond donors (Lipinski definition) is 0. The number of amides is 1. The van der Waals surface area contributed by atoms with Gasteiger partial charge in [-0.25, -0.2) is 9.37 Å². The number of rotatable bonds is 7. The second kappa shape index (κ2) is 8.75. The number of aryl methyl sites for hydroxylation is 1. The summed E-state index contributed by atoms with van der Waals surface area (Å²) in [6.07, 6.45) is 0. The molecule has 0 aliphatic rings. The third kappa shape index (κ3) is 5.01. The van der Waals surface area contributed by atoms with Gasteiger partial charge in [-0.15, -0.1) is 11.3 Å². The fourth-order valence-corrected chi connectivity index (χ4v) is 3.22. The number of halogens is 1. The second-order valence-electron chi connectivity index (χ2n) is 6.19. The van der Waals surface area contributed by atoms with Crippen molar-refractivity contribution < 1.29 is 18.7 Å². The molecule has 0 unspecified atom stereocenters. The zero-order valence-electron chi connectivity index (χ0n) is 15.5. The van der Waals surface area contributed by atoms with Gasteiger partial charge in [0.05, 0.1) is 17.2 Å². The van der Waals surface area contributed by atoms with Crippen molar-refractivity contribution in [3.8, 4) is 5.75 Å². The number of ether oxygens (including phenoxy) is 1. The van der Waals surface area contributed by atoms with E-state index >= 15 is 0 Å². The Bertz CT molecular complexity index is 985. The number of anilines is 1. The smallest absolute Gasteiger partial charge is 0.265 e. The third-order valence-corrected chi connectivity index (χ3v) is 4.85. The van der Waals surface area contributed by atoms with Crippen LogP contribution in [0.2, 0.25) is 0 Å². The molecule has 0 N–H and O–H groups in total. The van der Waals surface area contributed by atoms with Crippen molar-refractivity contribution in [2.45, 2.75) is 20.4 Å². The molecule has 1 heterocycles. The lowest BCUT2D eigenvalue weighted by Crippen LogP contribution is -2.34. The van der Waals surface area contributed by atoms with Crippen molar-refractivity contribution in [3.05, 3.63) is 76.0 Å². The molecule has 28 heavy (non-hydrogen) atoms. The molecule has 0 spiro atoms. The van der Waals surface area contributed by atoms with E-state index in [-0.39, 0.29) is 30.7 Å². The summed E-state index contributed by atoms with van der Waals surface area (Å²) >= 11 is 1.50. The number of carbonyl (C=O) groups excluding carboxylic acids is 2. The Morgan fingerprint density at radius 1 is 1.18 bits per heavy atom. The van der Waals surface area contributed by atoms with Gasteiger partial charge in [-0.05, 0) is 50.2 Å². The number of hydrogen-bond acceptors (Lipinski definition) is 5. The van der Waals surface area contributed by atoms with E-state index in [1.807, 2.05) is 12.3 Å². The number of carbonyl (C=O) groups is 2. The average Bonchev–Trinajstić information content (AvgIpc) is 3.10. The Morgan fingerprint density at radius 3 is 2.57 bits per heavy atom. The Hall–Kier alpha value is -3.06. The minimum Gasteiger partial charge on any atom is -0.484 e. The maximum absolute atomic E-state index is 13.3. The van der Waals surface area contributed by atoms with Crippen LogP contribution in [0, 0.1) is 12.7 Å². The molecule has 1 amide bonds. The van der Waals surface area contributed by atoms with Crippen molar-refractivity contribution in [3.63, 3.8) is 0 Å². The Kier molecular flexibility index (Phi) is 6.16. The van der Waals surface area contributed by atoms with E-state index in [1.54, 1.807) is 36.4 Å². The largest absolute Gasteiger partial charge is 0.484 e. The molecule has 5 nitrogen and oxygen atoms in total. The van der Waals surface area contributed by atoms with Crippen molar-refractivity contribution in [2.24, 2.45) is 0 Å². The quantitative estimate of drug-likeness (QED) is 0.553. The molecule has 144 valence electrons. The molecule has 7 heteroatoms. The maximum Gasteiger partial charge on any atom is 0.265 e. The maximum atomic E-state index is 13.3. The predicted octanol–water partition coefficient (Wildman–Crippen LogP) is 4.41. The highest BCUT2D eigenvalue weighted by Crippen LogP contribution is 2.20. The Morgan fingerprint density at radius 2 is 1.93 bits per heavy atom. The lowest BCUT2D eigenvalue weighted by atomic mass is 10.1. The van der Waals surface area contributed by atoms with E-state index in [0.717, 1.165) is 10.7 Å². The normalized spacial score (nSPS) is 10.5. The Balaban J connectivity index is 1.77. The van der Waals surface area contributed by atoms with Crippen LogP contribution in [0.1, 0.15) is 28.0 Å². The first-order chi connectivity index (χ1) is 13.4. The van der Waals surface area contributed by atoms with E-state index in [4.69, 9.17) is 4.74 Å². The molecular weight excluding hydrogens is 379 g/mol. The highest BCUT2D eigenvalue weighted by Gasteiger charge is 2.18. The van der Waals surface area contributed by atoms with Crippen LogP contribution in [-0.2, 0) is 11.3 Å². The summed E-state index contributed by atoms with van der Waals surface area (Å²) in [6.45, 7) is 3.40. The van der Waals surface area contributed by atoms with Crippen molar-refractivity contribution in [1.82, 2.24) is 4.98 Å². The molecule has 3 rings (SSSR count). The molecule has 0 saturated heterocycles. The zero-order valence-corrected chi connectivity index (χ0v) is 16.3. The van der Waals surface area contributed by atoms with Gasteiger partial charge >= 0.3 is 0 Å². The zero-order chi connectivity index (χ0) is 20.1. The summed E-state index contributed by atoms with van der Waals surface area (Å²) in [5.74, 6) is -0.323. The van der Waals surface area contributed by atoms with Gasteiger partial charge in [0.25, 0.3) is 5.91 Å². The highest BCUT2D eigenvalue weighted by molar-refractivity contribution is 7.09. The molecule has 0 saturated carbocycles. The Labute approximate surface area is 166 Å². The number of nitrogens with zero attached hydrogens (tertiary/aromatic N) is 2. The summed E-state index contributed by atoms with van der Waals surface area (Å²) in [5.41, 5.74) is 1.81. The van der Waals surface area contributed by atoms with Crippen LogP contribution in [0.5, 0.6) is 5.75 Å².